The van der Waals surface area contributed by atoms with E-state index in [1.165, 1.54) is 0 Å². The van der Waals surface area contributed by atoms with Crippen LogP contribution in [0.15, 0.2) is 48.9 Å². The Hall–Kier alpha value is -3.15. The molecule has 4 aromatic rings. The Morgan fingerprint density at radius 2 is 2.09 bits per heavy atom. The Morgan fingerprint density at radius 3 is 2.91 bits per heavy atom. The van der Waals surface area contributed by atoms with Gasteiger partial charge in [0.2, 0.25) is 0 Å². The molecule has 0 aliphatic carbocycles. The van der Waals surface area contributed by atoms with Crippen molar-refractivity contribution in [1.82, 2.24) is 19.9 Å². The summed E-state index contributed by atoms with van der Waals surface area (Å²) >= 11 is 0. The zero-order chi connectivity index (χ0) is 15.6. The zero-order valence-corrected chi connectivity index (χ0v) is 12.6. The normalized spacial score (nSPS) is 11.0. The third-order valence-corrected chi connectivity index (χ3v) is 3.75. The smallest absolute Gasteiger partial charge is 0.154 e. The summed E-state index contributed by atoms with van der Waals surface area (Å²) in [6, 6.07) is 11.7. The maximum atomic E-state index is 5.29. The monoisotopic (exact) mass is 305 g/mol. The molecule has 6 nitrogen and oxygen atoms in total. The van der Waals surface area contributed by atoms with Crippen LogP contribution in [0, 0.1) is 0 Å². The van der Waals surface area contributed by atoms with Crippen molar-refractivity contribution in [2.75, 3.05) is 12.4 Å². The minimum atomic E-state index is 0.603. The third-order valence-electron chi connectivity index (χ3n) is 3.75. The van der Waals surface area contributed by atoms with Crippen LogP contribution in [0.25, 0.3) is 21.9 Å². The van der Waals surface area contributed by atoms with Crippen LogP contribution in [-0.4, -0.2) is 27.0 Å². The minimum Gasteiger partial charge on any atom is -0.497 e. The van der Waals surface area contributed by atoms with Crippen LogP contribution >= 0.6 is 0 Å². The fraction of sp³-hybridized carbons (Fsp3) is 0.118. The van der Waals surface area contributed by atoms with Gasteiger partial charge >= 0.3 is 0 Å². The molecule has 3 aromatic heterocycles. The lowest BCUT2D eigenvalue weighted by Crippen LogP contribution is -2.03. The summed E-state index contributed by atoms with van der Waals surface area (Å²) in [6.45, 7) is 0.603. The van der Waals surface area contributed by atoms with E-state index in [9.17, 15) is 0 Å². The van der Waals surface area contributed by atoms with E-state index in [2.05, 4.69) is 25.3 Å². The molecule has 0 amide bonds. The van der Waals surface area contributed by atoms with Crippen molar-refractivity contribution in [3.8, 4) is 5.75 Å². The molecule has 0 bridgehead atoms. The van der Waals surface area contributed by atoms with Crippen molar-refractivity contribution in [1.29, 1.82) is 0 Å². The Kier molecular flexibility index (Phi) is 3.27. The molecule has 114 valence electrons. The Bertz CT molecular complexity index is 965. The summed E-state index contributed by atoms with van der Waals surface area (Å²) < 4.78 is 5.29. The number of fused-ring (bicyclic) bond motifs is 3. The largest absolute Gasteiger partial charge is 0.497 e. The SMILES string of the molecule is COc1ccc2[nH]c3c(NCc4ccccn4)ncnc3c2c1. The maximum Gasteiger partial charge on any atom is 0.154 e. The summed E-state index contributed by atoms with van der Waals surface area (Å²) in [5.74, 6) is 1.57. The molecule has 0 atom stereocenters. The van der Waals surface area contributed by atoms with Gasteiger partial charge in [-0.05, 0) is 30.3 Å². The number of aromatic nitrogens is 4. The highest BCUT2D eigenvalue weighted by molar-refractivity contribution is 6.08. The molecule has 0 saturated heterocycles. The van der Waals surface area contributed by atoms with E-state index in [1.807, 2.05) is 36.4 Å². The number of hydrogen-bond donors (Lipinski definition) is 2. The lowest BCUT2D eigenvalue weighted by Gasteiger charge is -2.05. The van der Waals surface area contributed by atoms with Crippen molar-refractivity contribution in [2.45, 2.75) is 6.54 Å². The van der Waals surface area contributed by atoms with Crippen LogP contribution in [0.2, 0.25) is 0 Å². The first-order valence-electron chi connectivity index (χ1n) is 7.29. The second-order valence-electron chi connectivity index (χ2n) is 5.16. The van der Waals surface area contributed by atoms with Crippen LogP contribution in [0.4, 0.5) is 5.82 Å². The molecule has 1 aromatic carbocycles. The van der Waals surface area contributed by atoms with Crippen molar-refractivity contribution < 1.29 is 4.74 Å². The van der Waals surface area contributed by atoms with Gasteiger partial charge in [0, 0.05) is 17.1 Å². The average molecular weight is 305 g/mol. The van der Waals surface area contributed by atoms with Crippen LogP contribution < -0.4 is 10.1 Å². The van der Waals surface area contributed by atoms with Crippen molar-refractivity contribution in [3.63, 3.8) is 0 Å². The number of nitrogens with zero attached hydrogens (tertiary/aromatic N) is 3. The number of hydrogen-bond acceptors (Lipinski definition) is 5. The van der Waals surface area contributed by atoms with E-state index >= 15 is 0 Å². The molecular weight excluding hydrogens is 290 g/mol. The summed E-state index contributed by atoms with van der Waals surface area (Å²) in [4.78, 5) is 16.4. The summed E-state index contributed by atoms with van der Waals surface area (Å²) in [5, 5.41) is 4.33. The number of nitrogens with one attached hydrogen (secondary N) is 2. The lowest BCUT2D eigenvalue weighted by atomic mass is 10.2. The first kappa shape index (κ1) is 13.5. The number of H-pyrrole nitrogens is 1. The number of ether oxygens (including phenoxy) is 1. The molecule has 2 N–H and O–H groups in total. The lowest BCUT2D eigenvalue weighted by molar-refractivity contribution is 0.415. The molecule has 23 heavy (non-hydrogen) atoms. The number of pyridine rings is 1. The van der Waals surface area contributed by atoms with Crippen molar-refractivity contribution >= 4 is 27.8 Å². The summed E-state index contributed by atoms with van der Waals surface area (Å²) in [5.41, 5.74) is 3.71. The Labute approximate surface area is 132 Å². The second-order valence-corrected chi connectivity index (χ2v) is 5.16. The fourth-order valence-electron chi connectivity index (χ4n) is 2.61. The quantitative estimate of drug-likeness (QED) is 0.606. The summed E-state index contributed by atoms with van der Waals surface area (Å²) in [6.07, 6.45) is 3.34. The fourth-order valence-corrected chi connectivity index (χ4v) is 2.61. The van der Waals surface area contributed by atoms with Crippen LogP contribution in [-0.2, 0) is 6.54 Å². The number of anilines is 1. The van der Waals surface area contributed by atoms with Gasteiger partial charge in [-0.15, -0.1) is 0 Å². The molecule has 3 heterocycles. The molecule has 0 saturated carbocycles. The molecule has 0 radical (unpaired) electrons. The van der Waals surface area contributed by atoms with Crippen molar-refractivity contribution in [2.24, 2.45) is 0 Å². The molecule has 0 spiro atoms. The number of methoxy groups -OCH3 is 1. The molecule has 0 aliphatic rings. The van der Waals surface area contributed by atoms with E-state index in [1.54, 1.807) is 19.6 Å². The molecular formula is C17H15N5O. The second kappa shape index (κ2) is 5.57. The van der Waals surface area contributed by atoms with E-state index in [0.717, 1.165) is 39.2 Å². The zero-order valence-electron chi connectivity index (χ0n) is 12.6. The highest BCUT2D eigenvalue weighted by Gasteiger charge is 2.11. The van der Waals surface area contributed by atoms with E-state index in [-0.39, 0.29) is 0 Å². The van der Waals surface area contributed by atoms with Crippen LogP contribution in [0.1, 0.15) is 5.69 Å². The maximum absolute atomic E-state index is 5.29. The van der Waals surface area contributed by atoms with Gasteiger partial charge in [0.05, 0.1) is 19.3 Å². The summed E-state index contributed by atoms with van der Waals surface area (Å²) in [7, 11) is 1.66. The highest BCUT2D eigenvalue weighted by Crippen LogP contribution is 2.29. The minimum absolute atomic E-state index is 0.603. The first-order chi connectivity index (χ1) is 11.3. The molecule has 4 rings (SSSR count). The van der Waals surface area contributed by atoms with Crippen molar-refractivity contribution in [3.05, 3.63) is 54.6 Å². The topological polar surface area (TPSA) is 75.7 Å². The molecule has 0 fully saturated rings. The predicted molar refractivity (Wildman–Crippen MR) is 89.5 cm³/mol. The highest BCUT2D eigenvalue weighted by atomic mass is 16.5. The van der Waals surface area contributed by atoms with Gasteiger partial charge in [0.1, 0.15) is 23.1 Å². The van der Waals surface area contributed by atoms with Gasteiger partial charge in [0.15, 0.2) is 5.82 Å². The van der Waals surface area contributed by atoms with Gasteiger partial charge in [-0.3, -0.25) is 4.98 Å². The predicted octanol–water partition coefficient (Wildman–Crippen LogP) is 3.13. The van der Waals surface area contributed by atoms with Crippen LogP contribution in [0.3, 0.4) is 0 Å². The van der Waals surface area contributed by atoms with Gasteiger partial charge in [-0.2, -0.15) is 0 Å². The Balaban J connectivity index is 1.75. The number of benzene rings is 1. The first-order valence-corrected chi connectivity index (χ1v) is 7.29. The third kappa shape index (κ3) is 2.44. The van der Waals surface area contributed by atoms with Gasteiger partial charge in [0.25, 0.3) is 0 Å². The average Bonchev–Trinajstić information content (AvgIpc) is 2.99. The number of rotatable bonds is 4. The van der Waals surface area contributed by atoms with Gasteiger partial charge < -0.3 is 15.0 Å². The number of aromatic amines is 1. The Morgan fingerprint density at radius 1 is 1.13 bits per heavy atom. The van der Waals surface area contributed by atoms with E-state index < -0.39 is 0 Å². The molecule has 0 unspecified atom stereocenters. The van der Waals surface area contributed by atoms with Crippen LogP contribution in [0.5, 0.6) is 5.75 Å². The van der Waals surface area contributed by atoms with E-state index in [4.69, 9.17) is 4.74 Å². The standard InChI is InChI=1S/C17H15N5O/c1-23-12-5-6-14-13(8-12)15-16(22-14)17(21-10-20-15)19-9-11-4-2-3-7-18-11/h2-8,10,22H,9H2,1H3,(H,19,20,21). The molecule has 6 heteroatoms. The molecule has 0 aliphatic heterocycles. The van der Waals surface area contributed by atoms with Gasteiger partial charge in [-0.1, -0.05) is 6.07 Å². The van der Waals surface area contributed by atoms with E-state index in [0.29, 0.717) is 6.54 Å². The van der Waals surface area contributed by atoms with Gasteiger partial charge in [-0.25, -0.2) is 9.97 Å².